The summed E-state index contributed by atoms with van der Waals surface area (Å²) in [5.74, 6) is 0.629. The average Bonchev–Trinajstić information content (AvgIpc) is 3.01. The number of aromatic nitrogens is 4. The molecule has 0 aliphatic heterocycles. The summed E-state index contributed by atoms with van der Waals surface area (Å²) in [6.45, 7) is 4.05. The minimum absolute atomic E-state index is 0.629. The van der Waals surface area contributed by atoms with Gasteiger partial charge in [-0.05, 0) is 49.2 Å². The molecule has 0 atom stereocenters. The SMILES string of the molecule is Cc1ccc(Nc2nc3ccc(C)cc3n3cnnc23)c(Cl)c1. The van der Waals surface area contributed by atoms with Crippen LogP contribution in [0.3, 0.4) is 0 Å². The van der Waals surface area contributed by atoms with E-state index >= 15 is 0 Å². The van der Waals surface area contributed by atoms with Gasteiger partial charge in [-0.3, -0.25) is 4.40 Å². The van der Waals surface area contributed by atoms with E-state index in [1.807, 2.05) is 48.6 Å². The van der Waals surface area contributed by atoms with Crippen LogP contribution in [0.15, 0.2) is 42.7 Å². The molecule has 2 heterocycles. The molecule has 2 aromatic heterocycles. The normalized spacial score (nSPS) is 11.3. The topological polar surface area (TPSA) is 55.1 Å². The average molecular weight is 324 g/mol. The van der Waals surface area contributed by atoms with E-state index < -0.39 is 0 Å². The summed E-state index contributed by atoms with van der Waals surface area (Å²) in [7, 11) is 0. The molecule has 23 heavy (non-hydrogen) atoms. The van der Waals surface area contributed by atoms with Gasteiger partial charge in [0, 0.05) is 0 Å². The molecule has 1 N–H and O–H groups in total. The summed E-state index contributed by atoms with van der Waals surface area (Å²) in [6, 6.07) is 11.9. The number of benzene rings is 2. The third-order valence-corrected chi connectivity index (χ3v) is 4.07. The zero-order valence-corrected chi connectivity index (χ0v) is 13.5. The quantitative estimate of drug-likeness (QED) is 0.598. The summed E-state index contributed by atoms with van der Waals surface area (Å²) in [4.78, 5) is 4.68. The van der Waals surface area contributed by atoms with Crippen molar-refractivity contribution < 1.29 is 0 Å². The van der Waals surface area contributed by atoms with Gasteiger partial charge in [-0.2, -0.15) is 0 Å². The van der Waals surface area contributed by atoms with Gasteiger partial charge in [0.05, 0.1) is 21.7 Å². The van der Waals surface area contributed by atoms with Crippen molar-refractivity contribution in [2.24, 2.45) is 0 Å². The molecule has 0 aliphatic carbocycles. The van der Waals surface area contributed by atoms with Crippen LogP contribution in [0.25, 0.3) is 16.7 Å². The lowest BCUT2D eigenvalue weighted by atomic mass is 10.2. The van der Waals surface area contributed by atoms with Crippen LogP contribution >= 0.6 is 11.6 Å². The molecule has 0 bridgehead atoms. The Bertz CT molecular complexity index is 1040. The standard InChI is InChI=1S/C17H14ClN5/c1-10-3-5-13(12(18)7-10)20-16-17-22-19-9-23(17)15-8-11(2)4-6-14(15)21-16/h3-9H,1-2H3,(H,20,21). The number of hydrogen-bond acceptors (Lipinski definition) is 4. The van der Waals surface area contributed by atoms with E-state index in [9.17, 15) is 0 Å². The molecule has 6 heteroatoms. The van der Waals surface area contributed by atoms with Crippen molar-refractivity contribution in [3.8, 4) is 0 Å². The molecule has 4 rings (SSSR count). The first-order chi connectivity index (χ1) is 11.1. The predicted octanol–water partition coefficient (Wildman–Crippen LogP) is 4.29. The lowest BCUT2D eigenvalue weighted by molar-refractivity contribution is 1.11. The lowest BCUT2D eigenvalue weighted by Crippen LogP contribution is -2.00. The molecule has 0 saturated heterocycles. The van der Waals surface area contributed by atoms with E-state index in [0.717, 1.165) is 27.8 Å². The number of nitrogens with zero attached hydrogens (tertiary/aromatic N) is 4. The van der Waals surface area contributed by atoms with Crippen molar-refractivity contribution in [2.75, 3.05) is 5.32 Å². The van der Waals surface area contributed by atoms with Gasteiger partial charge < -0.3 is 5.32 Å². The number of aryl methyl sites for hydroxylation is 2. The highest BCUT2D eigenvalue weighted by molar-refractivity contribution is 6.33. The second-order valence-electron chi connectivity index (χ2n) is 5.59. The highest BCUT2D eigenvalue weighted by Gasteiger charge is 2.12. The molecule has 0 fully saturated rings. The summed E-state index contributed by atoms with van der Waals surface area (Å²) >= 11 is 6.31. The molecular weight excluding hydrogens is 310 g/mol. The second kappa shape index (κ2) is 5.21. The van der Waals surface area contributed by atoms with Gasteiger partial charge in [0.15, 0.2) is 5.82 Å². The Kier molecular flexibility index (Phi) is 3.16. The Morgan fingerprint density at radius 2 is 1.83 bits per heavy atom. The van der Waals surface area contributed by atoms with E-state index in [2.05, 4.69) is 26.6 Å². The Morgan fingerprint density at radius 1 is 1.04 bits per heavy atom. The first-order valence-electron chi connectivity index (χ1n) is 7.25. The van der Waals surface area contributed by atoms with Crippen LogP contribution in [0.2, 0.25) is 5.02 Å². The third kappa shape index (κ3) is 2.39. The zero-order valence-electron chi connectivity index (χ0n) is 12.7. The fourth-order valence-electron chi connectivity index (χ4n) is 2.60. The van der Waals surface area contributed by atoms with E-state index in [1.54, 1.807) is 6.33 Å². The predicted molar refractivity (Wildman–Crippen MR) is 92.5 cm³/mol. The van der Waals surface area contributed by atoms with Crippen LogP contribution in [0.1, 0.15) is 11.1 Å². The Hall–Kier alpha value is -2.66. The van der Waals surface area contributed by atoms with Crippen molar-refractivity contribution in [3.05, 3.63) is 58.9 Å². The molecule has 0 spiro atoms. The van der Waals surface area contributed by atoms with E-state index in [0.29, 0.717) is 16.5 Å². The molecule has 4 aromatic rings. The Labute approximate surface area is 137 Å². The van der Waals surface area contributed by atoms with Crippen molar-refractivity contribution in [2.45, 2.75) is 13.8 Å². The second-order valence-corrected chi connectivity index (χ2v) is 5.99. The van der Waals surface area contributed by atoms with Gasteiger partial charge in [-0.15, -0.1) is 10.2 Å². The van der Waals surface area contributed by atoms with Crippen molar-refractivity contribution in [1.29, 1.82) is 0 Å². The molecule has 0 unspecified atom stereocenters. The van der Waals surface area contributed by atoms with Crippen LogP contribution in [0, 0.1) is 13.8 Å². The molecule has 0 aliphatic rings. The number of rotatable bonds is 2. The highest BCUT2D eigenvalue weighted by Crippen LogP contribution is 2.28. The molecule has 0 amide bonds. The van der Waals surface area contributed by atoms with E-state index in [-0.39, 0.29) is 0 Å². The minimum Gasteiger partial charge on any atom is -0.336 e. The molecule has 0 saturated carbocycles. The van der Waals surface area contributed by atoms with Gasteiger partial charge in [0.1, 0.15) is 6.33 Å². The molecule has 5 nitrogen and oxygen atoms in total. The number of nitrogens with one attached hydrogen (secondary N) is 1. The summed E-state index contributed by atoms with van der Waals surface area (Å²) in [5.41, 5.74) is 5.58. The van der Waals surface area contributed by atoms with Crippen molar-refractivity contribution in [1.82, 2.24) is 19.6 Å². The van der Waals surface area contributed by atoms with Gasteiger partial charge in [-0.25, -0.2) is 4.98 Å². The van der Waals surface area contributed by atoms with Crippen LogP contribution in [0.5, 0.6) is 0 Å². The molecule has 0 radical (unpaired) electrons. The lowest BCUT2D eigenvalue weighted by Gasteiger charge is -2.11. The third-order valence-electron chi connectivity index (χ3n) is 3.76. The van der Waals surface area contributed by atoms with Gasteiger partial charge in [0.2, 0.25) is 5.65 Å². The van der Waals surface area contributed by atoms with E-state index in [4.69, 9.17) is 11.6 Å². The van der Waals surface area contributed by atoms with Gasteiger partial charge in [0.25, 0.3) is 0 Å². The largest absolute Gasteiger partial charge is 0.336 e. The number of fused-ring (bicyclic) bond motifs is 3. The van der Waals surface area contributed by atoms with Crippen LogP contribution in [0.4, 0.5) is 11.5 Å². The minimum atomic E-state index is 0.629. The van der Waals surface area contributed by atoms with Gasteiger partial charge >= 0.3 is 0 Å². The first-order valence-corrected chi connectivity index (χ1v) is 7.63. The summed E-state index contributed by atoms with van der Waals surface area (Å²) < 4.78 is 1.93. The monoisotopic (exact) mass is 323 g/mol. The maximum Gasteiger partial charge on any atom is 0.204 e. The first kappa shape index (κ1) is 14.0. The van der Waals surface area contributed by atoms with Crippen LogP contribution < -0.4 is 5.32 Å². The zero-order chi connectivity index (χ0) is 16.0. The van der Waals surface area contributed by atoms with Crippen molar-refractivity contribution in [3.63, 3.8) is 0 Å². The number of hydrogen-bond donors (Lipinski definition) is 1. The van der Waals surface area contributed by atoms with Crippen molar-refractivity contribution >= 4 is 39.8 Å². The van der Waals surface area contributed by atoms with Crippen LogP contribution in [-0.2, 0) is 0 Å². The van der Waals surface area contributed by atoms with Gasteiger partial charge in [-0.1, -0.05) is 23.7 Å². The Balaban J connectivity index is 1.91. The summed E-state index contributed by atoms with van der Waals surface area (Å²) in [6.07, 6.45) is 1.70. The molecule has 2 aromatic carbocycles. The number of anilines is 2. The maximum absolute atomic E-state index is 6.31. The van der Waals surface area contributed by atoms with E-state index in [1.165, 1.54) is 0 Å². The Morgan fingerprint density at radius 3 is 2.65 bits per heavy atom. The molecule has 114 valence electrons. The fourth-order valence-corrected chi connectivity index (χ4v) is 2.88. The highest BCUT2D eigenvalue weighted by atomic mass is 35.5. The fraction of sp³-hybridized carbons (Fsp3) is 0.118. The van der Waals surface area contributed by atoms with Crippen LogP contribution in [-0.4, -0.2) is 19.6 Å². The number of halogens is 1. The smallest absolute Gasteiger partial charge is 0.204 e. The summed E-state index contributed by atoms with van der Waals surface area (Å²) in [5, 5.41) is 12.1. The maximum atomic E-state index is 6.31. The molecular formula is C17H14ClN5.